The predicted molar refractivity (Wildman–Crippen MR) is 86.1 cm³/mol. The quantitative estimate of drug-likeness (QED) is 0.823. The van der Waals surface area contributed by atoms with Crippen molar-refractivity contribution in [3.05, 3.63) is 53.6 Å². The molecule has 0 amide bonds. The molecule has 2 aromatic carbocycles. The van der Waals surface area contributed by atoms with E-state index in [-0.39, 0.29) is 11.5 Å². The Morgan fingerprint density at radius 2 is 1.91 bits per heavy atom. The van der Waals surface area contributed by atoms with Gasteiger partial charge < -0.3 is 14.6 Å². The molecule has 0 saturated carbocycles. The molecule has 2 aromatic rings. The maximum atomic E-state index is 12.7. The lowest BCUT2D eigenvalue weighted by Gasteiger charge is -2.37. The third-order valence-corrected chi connectivity index (χ3v) is 4.58. The fraction of sp³-hybridized carbons (Fsp3) is 0.235. The highest BCUT2D eigenvalue weighted by Gasteiger charge is 2.47. The number of methoxy groups -OCH3 is 1. The van der Waals surface area contributed by atoms with Gasteiger partial charge in [-0.05, 0) is 42.8 Å². The number of ether oxygens (including phenoxy) is 2. The SMILES string of the molecule is COc1ccc(C2Oc3ccc(O)cc3C(=O)C2(C)Br)cc1. The smallest absolute Gasteiger partial charge is 0.187 e. The first-order chi connectivity index (χ1) is 10.4. The summed E-state index contributed by atoms with van der Waals surface area (Å²) in [6.45, 7) is 1.78. The molecule has 114 valence electrons. The predicted octanol–water partition coefficient (Wildman–Crippen LogP) is 3.87. The van der Waals surface area contributed by atoms with Crippen molar-refractivity contribution in [2.24, 2.45) is 0 Å². The van der Waals surface area contributed by atoms with E-state index in [1.807, 2.05) is 24.3 Å². The molecule has 5 heteroatoms. The highest BCUT2D eigenvalue weighted by molar-refractivity contribution is 9.10. The van der Waals surface area contributed by atoms with E-state index in [0.29, 0.717) is 11.3 Å². The summed E-state index contributed by atoms with van der Waals surface area (Å²) in [5, 5.41) is 9.58. The van der Waals surface area contributed by atoms with Crippen LogP contribution in [0.5, 0.6) is 17.2 Å². The lowest BCUT2D eigenvalue weighted by atomic mass is 9.87. The van der Waals surface area contributed by atoms with E-state index < -0.39 is 10.4 Å². The minimum absolute atomic E-state index is 0.0434. The van der Waals surface area contributed by atoms with E-state index in [9.17, 15) is 9.90 Å². The van der Waals surface area contributed by atoms with Gasteiger partial charge in [-0.1, -0.05) is 28.1 Å². The van der Waals surface area contributed by atoms with E-state index in [1.54, 1.807) is 20.1 Å². The van der Waals surface area contributed by atoms with Gasteiger partial charge in [0.1, 0.15) is 27.7 Å². The number of carbonyl (C=O) groups is 1. The Labute approximate surface area is 136 Å². The molecule has 3 rings (SSSR count). The van der Waals surface area contributed by atoms with Gasteiger partial charge in [0.2, 0.25) is 0 Å². The van der Waals surface area contributed by atoms with Crippen molar-refractivity contribution >= 4 is 21.7 Å². The van der Waals surface area contributed by atoms with Gasteiger partial charge >= 0.3 is 0 Å². The number of phenols is 1. The molecular weight excluding hydrogens is 348 g/mol. The second-order valence-corrected chi connectivity index (χ2v) is 7.00. The number of ketones is 1. The zero-order chi connectivity index (χ0) is 15.9. The van der Waals surface area contributed by atoms with Gasteiger partial charge in [0.25, 0.3) is 0 Å². The highest BCUT2D eigenvalue weighted by Crippen LogP contribution is 2.46. The van der Waals surface area contributed by atoms with E-state index in [1.165, 1.54) is 12.1 Å². The van der Waals surface area contributed by atoms with E-state index in [4.69, 9.17) is 9.47 Å². The maximum Gasteiger partial charge on any atom is 0.187 e. The van der Waals surface area contributed by atoms with Crippen LogP contribution in [0.4, 0.5) is 0 Å². The number of fused-ring (bicyclic) bond motifs is 1. The maximum absolute atomic E-state index is 12.7. The number of halogens is 1. The van der Waals surface area contributed by atoms with Gasteiger partial charge in [-0.2, -0.15) is 0 Å². The third-order valence-electron chi connectivity index (χ3n) is 3.81. The van der Waals surface area contributed by atoms with Crippen molar-refractivity contribution in [2.45, 2.75) is 17.4 Å². The van der Waals surface area contributed by atoms with Crippen molar-refractivity contribution < 1.29 is 19.4 Å². The molecule has 0 spiro atoms. The van der Waals surface area contributed by atoms with Gasteiger partial charge in [0.15, 0.2) is 5.78 Å². The Morgan fingerprint density at radius 3 is 2.55 bits per heavy atom. The molecule has 1 heterocycles. The Balaban J connectivity index is 2.05. The summed E-state index contributed by atoms with van der Waals surface area (Å²) in [7, 11) is 1.60. The molecule has 0 bridgehead atoms. The number of benzene rings is 2. The molecule has 1 aliphatic rings. The van der Waals surface area contributed by atoms with Crippen LogP contribution in [0.25, 0.3) is 0 Å². The molecule has 1 aliphatic heterocycles. The van der Waals surface area contributed by atoms with E-state index in [0.717, 1.165) is 11.3 Å². The van der Waals surface area contributed by atoms with E-state index in [2.05, 4.69) is 15.9 Å². The number of carbonyl (C=O) groups excluding carboxylic acids is 1. The zero-order valence-electron chi connectivity index (χ0n) is 12.2. The molecule has 0 saturated heterocycles. The summed E-state index contributed by atoms with van der Waals surface area (Å²) < 4.78 is 10.3. The summed E-state index contributed by atoms with van der Waals surface area (Å²) in [5.41, 5.74) is 1.25. The number of rotatable bonds is 2. The molecule has 1 N–H and O–H groups in total. The second kappa shape index (κ2) is 5.32. The fourth-order valence-corrected chi connectivity index (χ4v) is 3.15. The van der Waals surface area contributed by atoms with Gasteiger partial charge in [-0.3, -0.25) is 4.79 Å². The Morgan fingerprint density at radius 1 is 1.23 bits per heavy atom. The first kappa shape index (κ1) is 14.9. The van der Waals surface area contributed by atoms with Crippen LogP contribution < -0.4 is 9.47 Å². The van der Waals surface area contributed by atoms with Crippen LogP contribution in [0, 0.1) is 0 Å². The number of Topliss-reactive ketones (excluding diaryl/α,β-unsaturated/α-hetero) is 1. The van der Waals surface area contributed by atoms with Crippen LogP contribution in [0.3, 0.4) is 0 Å². The normalized spacial score (nSPS) is 23.6. The molecule has 0 aliphatic carbocycles. The molecule has 0 fully saturated rings. The second-order valence-electron chi connectivity index (χ2n) is 5.36. The highest BCUT2D eigenvalue weighted by atomic mass is 79.9. The standard InChI is InChI=1S/C17H15BrO4/c1-17(18)15(20)13-9-11(19)5-8-14(13)22-16(17)10-3-6-12(21-2)7-4-10/h3-9,16,19H,1-2H3. The van der Waals surface area contributed by atoms with Gasteiger partial charge in [-0.15, -0.1) is 0 Å². The Bertz CT molecular complexity index is 722. The minimum Gasteiger partial charge on any atom is -0.508 e. The summed E-state index contributed by atoms with van der Waals surface area (Å²) in [5.74, 6) is 1.14. The van der Waals surface area contributed by atoms with Crippen molar-refractivity contribution in [1.29, 1.82) is 0 Å². The number of alkyl halides is 1. The monoisotopic (exact) mass is 362 g/mol. The van der Waals surface area contributed by atoms with Crippen LogP contribution in [0.2, 0.25) is 0 Å². The molecule has 2 unspecified atom stereocenters. The zero-order valence-corrected chi connectivity index (χ0v) is 13.8. The summed E-state index contributed by atoms with van der Waals surface area (Å²) in [6.07, 6.45) is -0.469. The van der Waals surface area contributed by atoms with Crippen LogP contribution in [-0.4, -0.2) is 22.3 Å². The third kappa shape index (κ3) is 2.35. The fourth-order valence-electron chi connectivity index (χ4n) is 2.58. The van der Waals surface area contributed by atoms with Gasteiger partial charge in [0.05, 0.1) is 12.7 Å². The molecule has 4 nitrogen and oxygen atoms in total. The molecule has 0 radical (unpaired) electrons. The number of phenolic OH excluding ortho intramolecular Hbond substituents is 1. The Hall–Kier alpha value is -2.01. The number of hydrogen-bond acceptors (Lipinski definition) is 4. The van der Waals surface area contributed by atoms with Crippen molar-refractivity contribution in [3.63, 3.8) is 0 Å². The molecular formula is C17H15BrO4. The van der Waals surface area contributed by atoms with Crippen LogP contribution in [0.1, 0.15) is 28.9 Å². The first-order valence-electron chi connectivity index (χ1n) is 6.81. The van der Waals surface area contributed by atoms with Gasteiger partial charge in [0, 0.05) is 0 Å². The van der Waals surface area contributed by atoms with E-state index >= 15 is 0 Å². The average Bonchev–Trinajstić information content (AvgIpc) is 2.52. The lowest BCUT2D eigenvalue weighted by molar-refractivity contribution is 0.0765. The molecule has 22 heavy (non-hydrogen) atoms. The largest absolute Gasteiger partial charge is 0.508 e. The molecule has 0 aromatic heterocycles. The summed E-state index contributed by atoms with van der Waals surface area (Å²) in [6, 6.07) is 12.0. The van der Waals surface area contributed by atoms with Crippen molar-refractivity contribution in [3.8, 4) is 17.2 Å². The van der Waals surface area contributed by atoms with Crippen LogP contribution in [0.15, 0.2) is 42.5 Å². The van der Waals surface area contributed by atoms with Gasteiger partial charge in [-0.25, -0.2) is 0 Å². The number of hydrogen-bond donors (Lipinski definition) is 1. The van der Waals surface area contributed by atoms with Crippen LogP contribution >= 0.6 is 15.9 Å². The number of aromatic hydroxyl groups is 1. The lowest BCUT2D eigenvalue weighted by Crippen LogP contribution is -2.42. The molecule has 2 atom stereocenters. The minimum atomic E-state index is -0.914. The summed E-state index contributed by atoms with van der Waals surface area (Å²) in [4.78, 5) is 12.7. The first-order valence-corrected chi connectivity index (χ1v) is 7.60. The average molecular weight is 363 g/mol. The Kier molecular flexibility index (Phi) is 3.60. The summed E-state index contributed by atoms with van der Waals surface area (Å²) >= 11 is 3.50. The topological polar surface area (TPSA) is 55.8 Å². The van der Waals surface area contributed by atoms with Crippen LogP contribution in [-0.2, 0) is 0 Å². The van der Waals surface area contributed by atoms with Crippen molar-refractivity contribution in [2.75, 3.05) is 7.11 Å². The van der Waals surface area contributed by atoms with Crippen molar-refractivity contribution in [1.82, 2.24) is 0 Å².